The van der Waals surface area contributed by atoms with Crippen molar-refractivity contribution in [1.82, 2.24) is 4.98 Å². The van der Waals surface area contributed by atoms with Crippen LogP contribution in [0.15, 0.2) is 36.7 Å². The van der Waals surface area contributed by atoms with E-state index in [0.29, 0.717) is 13.1 Å². The Kier molecular flexibility index (Phi) is 2.82. The van der Waals surface area contributed by atoms with Gasteiger partial charge in [-0.25, -0.2) is 0 Å². The Hall–Kier alpha value is -1.77. The first-order valence-electron chi connectivity index (χ1n) is 6.52. The van der Waals surface area contributed by atoms with Gasteiger partial charge in [0, 0.05) is 24.4 Å². The van der Waals surface area contributed by atoms with Crippen LogP contribution in [0.4, 0.5) is 0 Å². The van der Waals surface area contributed by atoms with E-state index in [1.807, 2.05) is 6.07 Å². The predicted molar refractivity (Wildman–Crippen MR) is 75.0 cm³/mol. The molecule has 0 unspecified atom stereocenters. The summed E-state index contributed by atoms with van der Waals surface area (Å²) in [4.78, 5) is 15.0. The van der Waals surface area contributed by atoms with E-state index in [9.17, 15) is 4.79 Å². The van der Waals surface area contributed by atoms with Crippen LogP contribution in [0.5, 0.6) is 0 Å². The van der Waals surface area contributed by atoms with Crippen LogP contribution in [-0.2, 0) is 12.8 Å². The fourth-order valence-corrected chi connectivity index (χ4v) is 2.75. The van der Waals surface area contributed by atoms with Gasteiger partial charge in [0.15, 0.2) is 12.5 Å². The summed E-state index contributed by atoms with van der Waals surface area (Å²) in [5.41, 5.74) is 4.80. The zero-order valence-corrected chi connectivity index (χ0v) is 10.6. The van der Waals surface area contributed by atoms with E-state index in [0.717, 1.165) is 11.1 Å². The van der Waals surface area contributed by atoms with Crippen molar-refractivity contribution in [3.63, 3.8) is 0 Å². The minimum atomic E-state index is 0.182. The molecule has 0 bridgehead atoms. The molecule has 0 saturated heterocycles. The van der Waals surface area contributed by atoms with Gasteiger partial charge in [0.1, 0.15) is 0 Å². The Labute approximate surface area is 108 Å². The van der Waals surface area contributed by atoms with Gasteiger partial charge < -0.3 is 4.98 Å². The lowest BCUT2D eigenvalue weighted by Gasteiger charge is -2.06. The molecule has 18 heavy (non-hydrogen) atoms. The molecule has 0 aliphatic carbocycles. The molecule has 90 valence electrons. The van der Waals surface area contributed by atoms with E-state index in [4.69, 9.17) is 0 Å². The lowest BCUT2D eigenvalue weighted by atomic mass is 9.48. The van der Waals surface area contributed by atoms with E-state index >= 15 is 0 Å². The first kappa shape index (κ1) is 11.3. The summed E-state index contributed by atoms with van der Waals surface area (Å²) in [5, 5.41) is 0. The molecular formula is C15H16BNO. The predicted octanol–water partition coefficient (Wildman–Crippen LogP) is 2.33. The van der Waals surface area contributed by atoms with Gasteiger partial charge in [-0.3, -0.25) is 4.79 Å². The Morgan fingerprint density at radius 1 is 1.39 bits per heavy atom. The number of aromatic amines is 1. The van der Waals surface area contributed by atoms with Gasteiger partial charge in [-0.15, -0.1) is 0 Å². The van der Waals surface area contributed by atoms with E-state index in [1.165, 1.54) is 23.8 Å². The summed E-state index contributed by atoms with van der Waals surface area (Å²) in [6, 6.07) is 8.34. The highest BCUT2D eigenvalue weighted by Crippen LogP contribution is 2.16. The summed E-state index contributed by atoms with van der Waals surface area (Å²) in [6.07, 6.45) is 6.47. The molecule has 1 aliphatic rings. The molecule has 1 aromatic heterocycles. The van der Waals surface area contributed by atoms with Crippen LogP contribution in [0, 0.1) is 0 Å². The lowest BCUT2D eigenvalue weighted by molar-refractivity contribution is 0.0993. The monoisotopic (exact) mass is 237 g/mol. The molecule has 0 fully saturated rings. The number of rotatable bonds is 3. The number of H-pyrrole nitrogens is 1. The van der Waals surface area contributed by atoms with Crippen molar-refractivity contribution in [2.24, 2.45) is 0 Å². The molecule has 1 N–H and O–H groups in total. The molecule has 0 radical (unpaired) electrons. The van der Waals surface area contributed by atoms with Crippen LogP contribution in [0.3, 0.4) is 0 Å². The third-order valence-electron chi connectivity index (χ3n) is 3.87. The highest BCUT2D eigenvalue weighted by atomic mass is 16.1. The molecule has 1 aromatic carbocycles. The van der Waals surface area contributed by atoms with E-state index in [1.54, 1.807) is 12.4 Å². The average Bonchev–Trinajstić information content (AvgIpc) is 3.00. The Morgan fingerprint density at radius 2 is 2.28 bits per heavy atom. The largest absolute Gasteiger partial charge is 0.367 e. The summed E-state index contributed by atoms with van der Waals surface area (Å²) < 4.78 is 0. The van der Waals surface area contributed by atoms with Gasteiger partial charge in [0.05, 0.1) is 0 Å². The van der Waals surface area contributed by atoms with Crippen molar-refractivity contribution in [2.45, 2.75) is 26.0 Å². The summed E-state index contributed by atoms with van der Waals surface area (Å²) >= 11 is 0. The van der Waals surface area contributed by atoms with Gasteiger partial charge in [0.2, 0.25) is 0 Å². The highest BCUT2D eigenvalue weighted by molar-refractivity contribution is 6.73. The lowest BCUT2D eigenvalue weighted by Crippen LogP contribution is -2.23. The highest BCUT2D eigenvalue weighted by Gasteiger charge is 2.21. The maximum Gasteiger partial charge on any atom is 0.173 e. The number of aryl methyl sites for hydroxylation is 1. The summed E-state index contributed by atoms with van der Waals surface area (Å²) in [5.74, 6) is 0.182. The Bertz CT molecular complexity index is 574. The van der Waals surface area contributed by atoms with Crippen LogP contribution >= 0.6 is 0 Å². The van der Waals surface area contributed by atoms with Crippen molar-refractivity contribution in [2.75, 3.05) is 0 Å². The Balaban J connectivity index is 1.82. The van der Waals surface area contributed by atoms with Gasteiger partial charge in [-0.05, 0) is 18.1 Å². The number of Topliss-reactive ketones (excluding diaryl/α,β-unsaturated/α-hetero) is 1. The summed E-state index contributed by atoms with van der Waals surface area (Å²) in [6.45, 7) is 2.91. The van der Waals surface area contributed by atoms with Crippen molar-refractivity contribution in [1.29, 1.82) is 0 Å². The minimum absolute atomic E-state index is 0.182. The van der Waals surface area contributed by atoms with Gasteiger partial charge in [-0.2, -0.15) is 0 Å². The topological polar surface area (TPSA) is 32.9 Å². The molecule has 0 atom stereocenters. The maximum atomic E-state index is 12.0. The van der Waals surface area contributed by atoms with Crippen LogP contribution in [0.1, 0.15) is 21.5 Å². The van der Waals surface area contributed by atoms with E-state index in [2.05, 4.69) is 30.0 Å². The SMILES string of the molecule is CB1CCc2ccc(CC(=O)c3cc[nH]c3)cc21. The van der Waals surface area contributed by atoms with Crippen LogP contribution in [-0.4, -0.2) is 17.5 Å². The van der Waals surface area contributed by atoms with Crippen LogP contribution in [0.25, 0.3) is 0 Å². The third kappa shape index (κ3) is 2.01. The van der Waals surface area contributed by atoms with Crippen molar-refractivity contribution < 1.29 is 4.79 Å². The third-order valence-corrected chi connectivity index (χ3v) is 3.87. The van der Waals surface area contributed by atoms with E-state index < -0.39 is 0 Å². The van der Waals surface area contributed by atoms with Gasteiger partial charge in [0.25, 0.3) is 0 Å². The molecule has 2 heterocycles. The smallest absolute Gasteiger partial charge is 0.173 e. The maximum absolute atomic E-state index is 12.0. The zero-order chi connectivity index (χ0) is 12.5. The first-order valence-corrected chi connectivity index (χ1v) is 6.52. The van der Waals surface area contributed by atoms with Gasteiger partial charge in [-0.1, -0.05) is 42.4 Å². The van der Waals surface area contributed by atoms with Crippen LogP contribution in [0.2, 0.25) is 13.1 Å². The quantitative estimate of drug-likeness (QED) is 0.644. The average molecular weight is 237 g/mol. The fourth-order valence-electron chi connectivity index (χ4n) is 2.75. The van der Waals surface area contributed by atoms with Crippen molar-refractivity contribution >= 4 is 18.0 Å². The Morgan fingerprint density at radius 3 is 3.06 bits per heavy atom. The molecular weight excluding hydrogens is 221 g/mol. The molecule has 0 spiro atoms. The standard InChI is InChI=1S/C15H16BNO/c1-16-6-4-12-3-2-11(8-14(12)16)9-15(18)13-5-7-17-10-13/h2-3,5,7-8,10,17H,4,6,9H2,1H3. The number of carbonyl (C=O) groups is 1. The second kappa shape index (κ2) is 4.49. The summed E-state index contributed by atoms with van der Waals surface area (Å²) in [7, 11) is 0. The first-order chi connectivity index (χ1) is 8.74. The number of fused-ring (bicyclic) bond motifs is 1. The van der Waals surface area contributed by atoms with E-state index in [-0.39, 0.29) is 5.78 Å². The number of aromatic nitrogens is 1. The fraction of sp³-hybridized carbons (Fsp3) is 0.267. The number of nitrogens with one attached hydrogen (secondary N) is 1. The van der Waals surface area contributed by atoms with Crippen LogP contribution < -0.4 is 5.46 Å². The molecule has 2 aromatic rings. The molecule has 0 amide bonds. The number of hydrogen-bond donors (Lipinski definition) is 1. The molecule has 1 aliphatic heterocycles. The zero-order valence-electron chi connectivity index (χ0n) is 10.6. The molecule has 3 rings (SSSR count). The van der Waals surface area contributed by atoms with Gasteiger partial charge >= 0.3 is 0 Å². The number of benzene rings is 1. The second-order valence-corrected chi connectivity index (χ2v) is 5.17. The molecule has 0 saturated carbocycles. The molecule has 3 heteroatoms. The normalized spacial score (nSPS) is 13.7. The minimum Gasteiger partial charge on any atom is -0.367 e. The number of ketones is 1. The second-order valence-electron chi connectivity index (χ2n) is 5.17. The number of carbonyl (C=O) groups excluding carboxylic acids is 1. The van der Waals surface area contributed by atoms with Crippen molar-refractivity contribution in [3.05, 3.63) is 53.3 Å². The van der Waals surface area contributed by atoms with Crippen molar-refractivity contribution in [3.8, 4) is 0 Å². The molecule has 2 nitrogen and oxygen atoms in total. The number of hydrogen-bond acceptors (Lipinski definition) is 1.